The molecule has 0 aliphatic heterocycles. The van der Waals surface area contributed by atoms with Crippen LogP contribution < -0.4 is 5.32 Å². The zero-order chi connectivity index (χ0) is 14.1. The van der Waals surface area contributed by atoms with Crippen LogP contribution in [0.25, 0.3) is 6.08 Å². The van der Waals surface area contributed by atoms with E-state index < -0.39 is 0 Å². The normalized spacial score (nSPS) is 24.5. The lowest BCUT2D eigenvalue weighted by Gasteiger charge is -2.25. The maximum atomic E-state index is 4.39. The molecule has 0 saturated heterocycles. The van der Waals surface area contributed by atoms with Crippen LogP contribution in [-0.4, -0.2) is 22.1 Å². The first kappa shape index (κ1) is 13.6. The van der Waals surface area contributed by atoms with Gasteiger partial charge in [-0.05, 0) is 50.5 Å². The van der Waals surface area contributed by atoms with Gasteiger partial charge in [-0.2, -0.15) is 0 Å². The molecule has 0 aromatic carbocycles. The average Bonchev–Trinajstić information content (AvgIpc) is 3.45. The summed E-state index contributed by atoms with van der Waals surface area (Å²) in [5, 5.41) is 3.73. The predicted molar refractivity (Wildman–Crippen MR) is 86.1 cm³/mol. The minimum Gasteiger partial charge on any atom is -0.328 e. The van der Waals surface area contributed by atoms with Gasteiger partial charge in [-0.1, -0.05) is 24.8 Å². The summed E-state index contributed by atoms with van der Waals surface area (Å²) in [4.78, 5) is 4.39. The van der Waals surface area contributed by atoms with Crippen LogP contribution in [0.15, 0.2) is 18.1 Å². The lowest BCUT2D eigenvalue weighted by Crippen LogP contribution is -2.24. The smallest absolute Gasteiger partial charge is 0.0953 e. The van der Waals surface area contributed by atoms with E-state index in [-0.39, 0.29) is 0 Å². The number of nitrogens with zero attached hydrogens (tertiary/aromatic N) is 2. The number of nitrogens with one attached hydrogen (secondary N) is 1. The Morgan fingerprint density at radius 1 is 1.14 bits per heavy atom. The van der Waals surface area contributed by atoms with E-state index in [2.05, 4.69) is 27.1 Å². The summed E-state index contributed by atoms with van der Waals surface area (Å²) in [5.74, 6) is 0.799. The van der Waals surface area contributed by atoms with Crippen molar-refractivity contribution in [3.63, 3.8) is 0 Å². The van der Waals surface area contributed by atoms with E-state index in [0.717, 1.165) is 24.5 Å². The van der Waals surface area contributed by atoms with Crippen molar-refractivity contribution in [2.24, 2.45) is 5.92 Å². The molecular weight excluding hydrogens is 258 g/mol. The third kappa shape index (κ3) is 3.39. The largest absolute Gasteiger partial charge is 0.328 e. The second kappa shape index (κ2) is 5.96. The molecule has 0 bridgehead atoms. The van der Waals surface area contributed by atoms with E-state index in [0.29, 0.717) is 0 Å². The highest BCUT2D eigenvalue weighted by atomic mass is 15.1. The maximum Gasteiger partial charge on any atom is 0.0953 e. The van der Waals surface area contributed by atoms with Crippen molar-refractivity contribution in [2.45, 2.75) is 69.9 Å². The van der Waals surface area contributed by atoms with Crippen molar-refractivity contribution in [2.75, 3.05) is 6.54 Å². The predicted octanol–water partition coefficient (Wildman–Crippen LogP) is 3.93. The van der Waals surface area contributed by atoms with Gasteiger partial charge in [-0.15, -0.1) is 0 Å². The van der Waals surface area contributed by atoms with Crippen molar-refractivity contribution >= 4 is 6.08 Å². The Bertz CT molecular complexity index is 502. The summed E-state index contributed by atoms with van der Waals surface area (Å²) in [5.41, 5.74) is 2.96. The number of imidazole rings is 1. The van der Waals surface area contributed by atoms with Crippen molar-refractivity contribution in [1.82, 2.24) is 14.9 Å². The number of hydrogen-bond acceptors (Lipinski definition) is 2. The third-order valence-electron chi connectivity index (χ3n) is 5.27. The van der Waals surface area contributed by atoms with Crippen LogP contribution in [0.4, 0.5) is 0 Å². The molecule has 0 atom stereocenters. The summed E-state index contributed by atoms with van der Waals surface area (Å²) in [7, 11) is 0. The van der Waals surface area contributed by atoms with Gasteiger partial charge >= 0.3 is 0 Å². The van der Waals surface area contributed by atoms with Crippen molar-refractivity contribution in [1.29, 1.82) is 0 Å². The van der Waals surface area contributed by atoms with Gasteiger partial charge in [0.05, 0.1) is 18.2 Å². The van der Waals surface area contributed by atoms with Gasteiger partial charge in [0.25, 0.3) is 0 Å². The minimum atomic E-state index is 0.725. The molecule has 3 aliphatic carbocycles. The fraction of sp³-hybridized carbons (Fsp3) is 0.722. The van der Waals surface area contributed by atoms with Crippen molar-refractivity contribution < 1.29 is 0 Å². The van der Waals surface area contributed by atoms with Crippen LogP contribution >= 0.6 is 0 Å². The molecule has 3 heteroatoms. The zero-order valence-corrected chi connectivity index (χ0v) is 12.9. The van der Waals surface area contributed by atoms with Gasteiger partial charge in [0.15, 0.2) is 0 Å². The van der Waals surface area contributed by atoms with E-state index in [1.807, 2.05) is 6.33 Å². The Morgan fingerprint density at radius 3 is 2.67 bits per heavy atom. The molecule has 1 N–H and O–H groups in total. The van der Waals surface area contributed by atoms with Crippen molar-refractivity contribution in [3.8, 4) is 0 Å². The third-order valence-corrected chi connectivity index (χ3v) is 5.27. The molecule has 1 aromatic heterocycles. The van der Waals surface area contributed by atoms with E-state index in [9.17, 15) is 0 Å². The molecule has 0 spiro atoms. The summed E-state index contributed by atoms with van der Waals surface area (Å²) in [6, 6.07) is 1.52. The molecular formula is C18H27N3. The Kier molecular flexibility index (Phi) is 3.85. The van der Waals surface area contributed by atoms with Crippen molar-refractivity contribution in [3.05, 3.63) is 23.8 Å². The molecule has 3 aliphatic rings. The molecule has 0 amide bonds. The van der Waals surface area contributed by atoms with Gasteiger partial charge in [-0.3, -0.25) is 0 Å². The molecule has 4 rings (SSSR count). The average molecular weight is 285 g/mol. The molecule has 1 aromatic rings. The molecule has 3 fully saturated rings. The molecule has 114 valence electrons. The van der Waals surface area contributed by atoms with Gasteiger partial charge in [0, 0.05) is 18.6 Å². The van der Waals surface area contributed by atoms with E-state index in [1.165, 1.54) is 63.5 Å². The van der Waals surface area contributed by atoms with Crippen LogP contribution in [0.1, 0.15) is 69.5 Å². The minimum absolute atomic E-state index is 0.725. The maximum absolute atomic E-state index is 4.39. The zero-order valence-electron chi connectivity index (χ0n) is 12.9. The molecule has 1 heterocycles. The molecule has 3 nitrogen and oxygen atoms in total. The van der Waals surface area contributed by atoms with Crippen LogP contribution in [0.5, 0.6) is 0 Å². The summed E-state index contributed by atoms with van der Waals surface area (Å²) in [6.45, 7) is 1.09. The number of aromatic nitrogens is 2. The first-order chi connectivity index (χ1) is 10.4. The number of rotatable bonds is 6. The highest BCUT2D eigenvalue weighted by Gasteiger charge is 2.26. The highest BCUT2D eigenvalue weighted by Crippen LogP contribution is 2.37. The first-order valence-corrected chi connectivity index (χ1v) is 8.86. The lowest BCUT2D eigenvalue weighted by molar-refractivity contribution is 0.396. The number of hydrogen-bond donors (Lipinski definition) is 1. The molecule has 0 radical (unpaired) electrons. The molecule has 21 heavy (non-hydrogen) atoms. The molecule has 0 unspecified atom stereocenters. The quantitative estimate of drug-likeness (QED) is 0.858. The Morgan fingerprint density at radius 2 is 1.95 bits per heavy atom. The second-order valence-electron chi connectivity index (χ2n) is 7.17. The van der Waals surface area contributed by atoms with E-state index in [4.69, 9.17) is 0 Å². The summed E-state index contributed by atoms with van der Waals surface area (Å²) in [6.07, 6.45) is 19.0. The van der Waals surface area contributed by atoms with Gasteiger partial charge in [0.1, 0.15) is 0 Å². The first-order valence-electron chi connectivity index (χ1n) is 8.86. The Balaban J connectivity index is 1.53. The van der Waals surface area contributed by atoms with E-state index in [1.54, 1.807) is 5.57 Å². The van der Waals surface area contributed by atoms with Gasteiger partial charge in [-0.25, -0.2) is 4.98 Å². The standard InChI is InChI=1S/C18H27N3/c1-2-4-14(5-3-1)15(11-20-16-6-7-16)10-18-12-19-13-21(18)17-8-9-17/h10,12-14,16-17,20H,1-9,11H2. The highest BCUT2D eigenvalue weighted by molar-refractivity contribution is 5.50. The monoisotopic (exact) mass is 285 g/mol. The summed E-state index contributed by atoms with van der Waals surface area (Å²) < 4.78 is 2.39. The van der Waals surface area contributed by atoms with Gasteiger partial charge in [0.2, 0.25) is 0 Å². The second-order valence-corrected chi connectivity index (χ2v) is 7.17. The lowest BCUT2D eigenvalue weighted by atomic mass is 9.83. The topological polar surface area (TPSA) is 29.9 Å². The Hall–Kier alpha value is -1.09. The summed E-state index contributed by atoms with van der Waals surface area (Å²) >= 11 is 0. The Labute approximate surface area is 127 Å². The van der Waals surface area contributed by atoms with Crippen LogP contribution in [-0.2, 0) is 0 Å². The van der Waals surface area contributed by atoms with Crippen LogP contribution in [0.2, 0.25) is 0 Å². The molecule has 3 saturated carbocycles. The fourth-order valence-corrected chi connectivity index (χ4v) is 3.61. The van der Waals surface area contributed by atoms with Crippen LogP contribution in [0.3, 0.4) is 0 Å². The SMILES string of the molecule is C(=C(CNC1CC1)C1CCCCC1)c1cncn1C1CC1. The van der Waals surface area contributed by atoms with Gasteiger partial charge < -0.3 is 9.88 Å². The van der Waals surface area contributed by atoms with E-state index >= 15 is 0 Å². The van der Waals surface area contributed by atoms with Crippen LogP contribution in [0, 0.1) is 5.92 Å². The fourth-order valence-electron chi connectivity index (χ4n) is 3.61.